The van der Waals surface area contributed by atoms with E-state index in [1.807, 2.05) is 37.4 Å². The highest BCUT2D eigenvalue weighted by Crippen LogP contribution is 2.42. The van der Waals surface area contributed by atoms with Crippen molar-refractivity contribution in [3.63, 3.8) is 0 Å². The van der Waals surface area contributed by atoms with Gasteiger partial charge >= 0.3 is 0 Å². The van der Waals surface area contributed by atoms with Gasteiger partial charge in [0.2, 0.25) is 11.7 Å². The summed E-state index contributed by atoms with van der Waals surface area (Å²) in [6, 6.07) is 7.65. The molecule has 0 radical (unpaired) electrons. The van der Waals surface area contributed by atoms with Gasteiger partial charge in [0.1, 0.15) is 17.4 Å². The molecule has 1 unspecified atom stereocenters. The van der Waals surface area contributed by atoms with Crippen molar-refractivity contribution < 1.29 is 23.7 Å². The van der Waals surface area contributed by atoms with Gasteiger partial charge < -0.3 is 24.3 Å². The second-order valence-electron chi connectivity index (χ2n) is 7.26. The number of carbonyl (C=O) groups excluding carboxylic acids is 1. The Bertz CT molecular complexity index is 1050. The fourth-order valence-electron chi connectivity index (χ4n) is 3.75. The average Bonchev–Trinajstić information content (AvgIpc) is 3.41. The van der Waals surface area contributed by atoms with Crippen molar-refractivity contribution in [3.8, 4) is 34.1 Å². The van der Waals surface area contributed by atoms with E-state index >= 15 is 0 Å². The smallest absolute Gasteiger partial charge is 0.220 e. The van der Waals surface area contributed by atoms with Crippen LogP contribution in [0.4, 0.5) is 0 Å². The molecule has 1 amide bonds. The zero-order chi connectivity index (χ0) is 21.3. The second kappa shape index (κ2) is 8.14. The van der Waals surface area contributed by atoms with Crippen LogP contribution >= 0.6 is 0 Å². The number of nitrogens with one attached hydrogen (secondary N) is 1. The van der Waals surface area contributed by atoms with Crippen LogP contribution in [0, 0.1) is 5.92 Å². The first-order chi connectivity index (χ1) is 14.5. The molecule has 1 aliphatic heterocycles. The quantitative estimate of drug-likeness (QED) is 0.644. The minimum Gasteiger partial charge on any atom is -0.493 e. The third-order valence-electron chi connectivity index (χ3n) is 5.45. The van der Waals surface area contributed by atoms with Crippen LogP contribution in [0.15, 0.2) is 36.7 Å². The third kappa shape index (κ3) is 3.60. The lowest BCUT2D eigenvalue weighted by atomic mass is 10.0. The third-order valence-corrected chi connectivity index (χ3v) is 5.45. The molecule has 4 rings (SSSR count). The fraction of sp³-hybridized carbons (Fsp3) is 0.364. The molecular weight excluding hydrogens is 386 g/mol. The number of rotatable bonds is 7. The van der Waals surface area contributed by atoms with Crippen molar-refractivity contribution >= 4 is 11.4 Å². The molecule has 1 aliphatic rings. The molecule has 8 nitrogen and oxygen atoms in total. The molecule has 30 heavy (non-hydrogen) atoms. The number of ether oxygens (including phenoxy) is 4. The van der Waals surface area contributed by atoms with E-state index in [4.69, 9.17) is 18.9 Å². The SMILES string of the molecule is COc1cc(-c2cc(O[C@H](C)C3CNC(=O)C3)c3ccnn3c2)cc(OC)c1OC. The van der Waals surface area contributed by atoms with Gasteiger partial charge in [-0.3, -0.25) is 4.79 Å². The molecule has 2 atom stereocenters. The molecular formula is C22H25N3O5. The second-order valence-corrected chi connectivity index (χ2v) is 7.26. The minimum atomic E-state index is -0.127. The Labute approximate surface area is 174 Å². The van der Waals surface area contributed by atoms with Crippen LogP contribution in [0.2, 0.25) is 0 Å². The maximum atomic E-state index is 11.6. The van der Waals surface area contributed by atoms with Crippen LogP contribution in [0.3, 0.4) is 0 Å². The van der Waals surface area contributed by atoms with Crippen molar-refractivity contribution in [3.05, 3.63) is 36.7 Å². The van der Waals surface area contributed by atoms with E-state index < -0.39 is 0 Å². The Hall–Kier alpha value is -3.42. The maximum Gasteiger partial charge on any atom is 0.220 e. The van der Waals surface area contributed by atoms with Crippen LogP contribution in [0.1, 0.15) is 13.3 Å². The number of fused-ring (bicyclic) bond motifs is 1. The summed E-state index contributed by atoms with van der Waals surface area (Å²) in [5.74, 6) is 2.57. The van der Waals surface area contributed by atoms with E-state index in [0.717, 1.165) is 16.6 Å². The van der Waals surface area contributed by atoms with Crippen LogP contribution in [0.25, 0.3) is 16.6 Å². The van der Waals surface area contributed by atoms with Gasteiger partial charge in [-0.1, -0.05) is 0 Å². The van der Waals surface area contributed by atoms with Crippen molar-refractivity contribution in [1.29, 1.82) is 0 Å². The number of hydrogen-bond acceptors (Lipinski definition) is 6. The monoisotopic (exact) mass is 411 g/mol. The standard InChI is InChI=1S/C22H25N3O5/c1-13(15-10-21(26)23-11-15)30-18-9-16(12-25-17(18)5-6-24-25)14-7-19(27-2)22(29-4)20(8-14)28-3/h5-9,12-13,15H,10-11H2,1-4H3,(H,23,26)/t13-,15?/m1/s1. The summed E-state index contributed by atoms with van der Waals surface area (Å²) < 4.78 is 24.5. The van der Waals surface area contributed by atoms with E-state index in [1.54, 1.807) is 32.0 Å². The Morgan fingerprint density at radius 2 is 1.77 bits per heavy atom. The van der Waals surface area contributed by atoms with Crippen molar-refractivity contribution in [1.82, 2.24) is 14.9 Å². The van der Waals surface area contributed by atoms with Gasteiger partial charge in [0, 0.05) is 30.6 Å². The Morgan fingerprint density at radius 1 is 1.07 bits per heavy atom. The van der Waals surface area contributed by atoms with E-state index in [9.17, 15) is 4.79 Å². The van der Waals surface area contributed by atoms with E-state index in [2.05, 4.69) is 10.4 Å². The molecule has 1 aromatic carbocycles. The highest BCUT2D eigenvalue weighted by atomic mass is 16.5. The number of methoxy groups -OCH3 is 3. The number of pyridine rings is 1. The summed E-state index contributed by atoms with van der Waals surface area (Å²) in [6.45, 7) is 2.62. The Morgan fingerprint density at radius 3 is 2.37 bits per heavy atom. The van der Waals surface area contributed by atoms with Gasteiger partial charge in [0.05, 0.1) is 27.5 Å². The lowest BCUT2D eigenvalue weighted by Gasteiger charge is -2.21. The summed E-state index contributed by atoms with van der Waals surface area (Å²) in [6.07, 6.45) is 4.00. The molecule has 0 spiro atoms. The number of aromatic nitrogens is 2. The number of hydrogen-bond donors (Lipinski definition) is 1. The summed E-state index contributed by atoms with van der Waals surface area (Å²) in [5, 5.41) is 7.25. The summed E-state index contributed by atoms with van der Waals surface area (Å²) in [7, 11) is 4.75. The van der Waals surface area contributed by atoms with Gasteiger partial charge in [0.15, 0.2) is 11.5 Å². The zero-order valence-electron chi connectivity index (χ0n) is 17.5. The number of benzene rings is 1. The summed E-state index contributed by atoms with van der Waals surface area (Å²) in [5.41, 5.74) is 2.61. The summed E-state index contributed by atoms with van der Waals surface area (Å²) in [4.78, 5) is 11.6. The van der Waals surface area contributed by atoms with Gasteiger partial charge in [-0.25, -0.2) is 4.52 Å². The van der Waals surface area contributed by atoms with Crippen molar-refractivity contribution in [2.45, 2.75) is 19.4 Å². The molecule has 2 aromatic heterocycles. The van der Waals surface area contributed by atoms with E-state index in [0.29, 0.717) is 36.0 Å². The summed E-state index contributed by atoms with van der Waals surface area (Å²) >= 11 is 0. The Kier molecular flexibility index (Phi) is 5.39. The molecule has 1 saturated heterocycles. The molecule has 8 heteroatoms. The largest absolute Gasteiger partial charge is 0.493 e. The normalized spacial score (nSPS) is 16.9. The first-order valence-corrected chi connectivity index (χ1v) is 9.75. The van der Waals surface area contributed by atoms with E-state index in [-0.39, 0.29) is 17.9 Å². The van der Waals surface area contributed by atoms with Crippen LogP contribution in [0.5, 0.6) is 23.0 Å². The highest BCUT2D eigenvalue weighted by molar-refractivity contribution is 5.78. The molecule has 3 aromatic rings. The van der Waals surface area contributed by atoms with Gasteiger partial charge in [-0.05, 0) is 36.8 Å². The van der Waals surface area contributed by atoms with E-state index in [1.165, 1.54) is 0 Å². The molecule has 0 saturated carbocycles. The van der Waals surface area contributed by atoms with Crippen LogP contribution in [-0.2, 0) is 4.79 Å². The van der Waals surface area contributed by atoms with Gasteiger partial charge in [0.25, 0.3) is 0 Å². The molecule has 0 aliphatic carbocycles. The number of carbonyl (C=O) groups is 1. The Balaban J connectivity index is 1.75. The highest BCUT2D eigenvalue weighted by Gasteiger charge is 2.28. The van der Waals surface area contributed by atoms with Crippen LogP contribution < -0.4 is 24.3 Å². The molecule has 1 fully saturated rings. The van der Waals surface area contributed by atoms with Gasteiger partial charge in [-0.15, -0.1) is 0 Å². The molecule has 1 N–H and O–H groups in total. The number of amides is 1. The molecule has 0 bridgehead atoms. The first kappa shape index (κ1) is 19.9. The average molecular weight is 411 g/mol. The van der Waals surface area contributed by atoms with Crippen molar-refractivity contribution in [2.75, 3.05) is 27.9 Å². The number of nitrogens with zero attached hydrogens (tertiary/aromatic N) is 2. The maximum absolute atomic E-state index is 11.6. The van der Waals surface area contributed by atoms with Crippen molar-refractivity contribution in [2.24, 2.45) is 5.92 Å². The molecule has 3 heterocycles. The zero-order valence-corrected chi connectivity index (χ0v) is 17.5. The lowest BCUT2D eigenvalue weighted by Crippen LogP contribution is -2.25. The predicted octanol–water partition coefficient (Wildman–Crippen LogP) is 2.93. The topological polar surface area (TPSA) is 83.3 Å². The van der Waals surface area contributed by atoms with Gasteiger partial charge in [-0.2, -0.15) is 5.10 Å². The van der Waals surface area contributed by atoms with Crippen LogP contribution in [-0.4, -0.2) is 49.5 Å². The predicted molar refractivity (Wildman–Crippen MR) is 111 cm³/mol. The first-order valence-electron chi connectivity index (χ1n) is 9.75. The minimum absolute atomic E-state index is 0.0659. The lowest BCUT2D eigenvalue weighted by molar-refractivity contribution is -0.119. The molecule has 158 valence electrons. The fourth-order valence-corrected chi connectivity index (χ4v) is 3.75.